The topological polar surface area (TPSA) is 64.6 Å². The van der Waals surface area contributed by atoms with Gasteiger partial charge in [-0.15, -0.1) is 11.3 Å². The van der Waals surface area contributed by atoms with Crippen molar-refractivity contribution >= 4 is 28.9 Å². The molecule has 1 aliphatic heterocycles. The van der Waals surface area contributed by atoms with Crippen LogP contribution in [0.4, 0.5) is 18.9 Å². The fraction of sp³-hybridized carbons (Fsp3) is 0.200. The van der Waals surface area contributed by atoms with E-state index < -0.39 is 23.8 Å². The Morgan fingerprint density at radius 1 is 1.33 bits per heavy atom. The molecule has 0 radical (unpaired) electrons. The molecule has 1 aromatic carbocycles. The number of benzene rings is 1. The SMILES string of the molecule is Cc1ccc2c(c1)NC(=O)C(OC(=O)c1cccs1)(C(F)(F)F)O2. The number of alkyl halides is 3. The summed E-state index contributed by atoms with van der Waals surface area (Å²) in [6.45, 7) is 1.70. The number of carbonyl (C=O) groups excluding carboxylic acids is 2. The van der Waals surface area contributed by atoms with Crippen molar-refractivity contribution in [2.24, 2.45) is 0 Å². The van der Waals surface area contributed by atoms with Gasteiger partial charge < -0.3 is 14.8 Å². The van der Waals surface area contributed by atoms with Gasteiger partial charge >= 0.3 is 23.8 Å². The molecule has 0 bridgehead atoms. The number of anilines is 1. The van der Waals surface area contributed by atoms with Crippen molar-refractivity contribution in [3.63, 3.8) is 0 Å². The Morgan fingerprint density at radius 3 is 2.71 bits per heavy atom. The third kappa shape index (κ3) is 2.60. The maximum Gasteiger partial charge on any atom is 0.478 e. The number of ether oxygens (including phenoxy) is 2. The van der Waals surface area contributed by atoms with Crippen LogP contribution >= 0.6 is 11.3 Å². The van der Waals surface area contributed by atoms with Crippen LogP contribution in [0.15, 0.2) is 35.7 Å². The largest absolute Gasteiger partial charge is 0.478 e. The third-order valence-corrected chi connectivity index (χ3v) is 4.12. The summed E-state index contributed by atoms with van der Waals surface area (Å²) in [6, 6.07) is 6.99. The lowest BCUT2D eigenvalue weighted by atomic mass is 10.1. The van der Waals surface area contributed by atoms with Gasteiger partial charge in [-0.3, -0.25) is 4.79 Å². The second-order valence-electron chi connectivity index (χ2n) is 5.04. The average molecular weight is 357 g/mol. The van der Waals surface area contributed by atoms with Crippen LogP contribution in [0.2, 0.25) is 0 Å². The number of aryl methyl sites for hydroxylation is 1. The quantitative estimate of drug-likeness (QED) is 0.836. The fourth-order valence-electron chi connectivity index (χ4n) is 2.12. The highest BCUT2D eigenvalue weighted by molar-refractivity contribution is 7.11. The van der Waals surface area contributed by atoms with Gasteiger partial charge in [-0.25, -0.2) is 4.79 Å². The molecule has 2 aromatic rings. The van der Waals surface area contributed by atoms with Crippen molar-refractivity contribution < 1.29 is 32.2 Å². The lowest BCUT2D eigenvalue weighted by molar-refractivity contribution is -0.313. The van der Waals surface area contributed by atoms with Gasteiger partial charge in [-0.2, -0.15) is 13.2 Å². The molecule has 0 spiro atoms. The molecule has 126 valence electrons. The van der Waals surface area contributed by atoms with Crippen LogP contribution in [0.25, 0.3) is 0 Å². The summed E-state index contributed by atoms with van der Waals surface area (Å²) in [5, 5.41) is 3.59. The van der Waals surface area contributed by atoms with Gasteiger partial charge in [-0.05, 0) is 36.1 Å². The lowest BCUT2D eigenvalue weighted by Crippen LogP contribution is -2.63. The van der Waals surface area contributed by atoms with Crippen molar-refractivity contribution in [1.29, 1.82) is 0 Å². The van der Waals surface area contributed by atoms with E-state index in [0.717, 1.165) is 11.3 Å². The summed E-state index contributed by atoms with van der Waals surface area (Å²) < 4.78 is 50.0. The highest BCUT2D eigenvalue weighted by Gasteiger charge is 2.69. The van der Waals surface area contributed by atoms with Crippen molar-refractivity contribution in [2.45, 2.75) is 18.9 Å². The molecule has 1 aromatic heterocycles. The van der Waals surface area contributed by atoms with Crippen LogP contribution < -0.4 is 10.1 Å². The number of fused-ring (bicyclic) bond motifs is 1. The van der Waals surface area contributed by atoms with Gasteiger partial charge in [0.05, 0.1) is 5.69 Å². The minimum absolute atomic E-state index is 0.0760. The van der Waals surface area contributed by atoms with Crippen LogP contribution in [-0.2, 0) is 9.53 Å². The molecule has 0 saturated heterocycles. The highest BCUT2D eigenvalue weighted by Crippen LogP contribution is 2.43. The van der Waals surface area contributed by atoms with Gasteiger partial charge in [0.1, 0.15) is 10.6 Å². The second kappa shape index (κ2) is 5.52. The molecular formula is C15H10F3NO4S. The van der Waals surface area contributed by atoms with Gasteiger partial charge in [-0.1, -0.05) is 12.1 Å². The number of rotatable bonds is 2. The molecule has 1 unspecified atom stereocenters. The average Bonchev–Trinajstić information content (AvgIpc) is 3.01. The Hall–Kier alpha value is -2.55. The van der Waals surface area contributed by atoms with E-state index in [1.807, 2.05) is 0 Å². The summed E-state index contributed by atoms with van der Waals surface area (Å²) in [4.78, 5) is 24.0. The maximum absolute atomic E-state index is 13.6. The van der Waals surface area contributed by atoms with E-state index in [1.54, 1.807) is 6.92 Å². The van der Waals surface area contributed by atoms with Gasteiger partial charge in [0.25, 0.3) is 0 Å². The Bertz CT molecular complexity index is 804. The number of esters is 1. The zero-order valence-electron chi connectivity index (χ0n) is 12.1. The fourth-order valence-corrected chi connectivity index (χ4v) is 2.72. The summed E-state index contributed by atoms with van der Waals surface area (Å²) in [6.07, 6.45) is -5.27. The van der Waals surface area contributed by atoms with Crippen molar-refractivity contribution in [2.75, 3.05) is 5.32 Å². The molecule has 1 aliphatic rings. The van der Waals surface area contributed by atoms with E-state index in [9.17, 15) is 22.8 Å². The molecule has 0 aliphatic carbocycles. The summed E-state index contributed by atoms with van der Waals surface area (Å²) in [7, 11) is 0. The first-order valence-electron chi connectivity index (χ1n) is 6.67. The molecule has 5 nitrogen and oxygen atoms in total. The van der Waals surface area contributed by atoms with Crippen LogP contribution in [0, 0.1) is 6.92 Å². The van der Waals surface area contributed by atoms with E-state index in [2.05, 4.69) is 10.1 Å². The molecule has 24 heavy (non-hydrogen) atoms. The van der Waals surface area contributed by atoms with Gasteiger partial charge in [0.15, 0.2) is 0 Å². The number of carbonyl (C=O) groups is 2. The number of amides is 1. The number of halogens is 3. The van der Waals surface area contributed by atoms with Crippen LogP contribution in [0.5, 0.6) is 5.75 Å². The van der Waals surface area contributed by atoms with Crippen molar-refractivity contribution in [1.82, 2.24) is 0 Å². The Kier molecular flexibility index (Phi) is 3.75. The van der Waals surface area contributed by atoms with Crippen LogP contribution in [0.3, 0.4) is 0 Å². The van der Waals surface area contributed by atoms with E-state index in [1.165, 1.54) is 35.7 Å². The summed E-state index contributed by atoms with van der Waals surface area (Å²) >= 11 is 0.889. The minimum atomic E-state index is -5.27. The monoisotopic (exact) mass is 357 g/mol. The zero-order chi connectivity index (χ0) is 17.5. The number of nitrogens with one attached hydrogen (secondary N) is 1. The van der Waals surface area contributed by atoms with Crippen molar-refractivity contribution in [3.8, 4) is 5.75 Å². The summed E-state index contributed by atoms with van der Waals surface area (Å²) in [5.74, 6) is -6.89. The van der Waals surface area contributed by atoms with Crippen molar-refractivity contribution in [3.05, 3.63) is 46.2 Å². The minimum Gasteiger partial charge on any atom is -0.435 e. The first kappa shape index (κ1) is 16.3. The molecule has 1 N–H and O–H groups in total. The van der Waals surface area contributed by atoms with Crippen LogP contribution in [-0.4, -0.2) is 23.8 Å². The first-order valence-corrected chi connectivity index (χ1v) is 7.55. The Labute approximate surface area is 138 Å². The molecule has 2 heterocycles. The second-order valence-corrected chi connectivity index (χ2v) is 5.98. The number of hydrogen-bond donors (Lipinski definition) is 1. The van der Waals surface area contributed by atoms with Crippen LogP contribution in [0.1, 0.15) is 15.2 Å². The molecule has 1 atom stereocenters. The maximum atomic E-state index is 13.6. The van der Waals surface area contributed by atoms with E-state index in [0.29, 0.717) is 5.56 Å². The first-order chi connectivity index (χ1) is 11.2. The van der Waals surface area contributed by atoms with E-state index in [4.69, 9.17) is 4.74 Å². The Balaban J connectivity index is 2.02. The standard InChI is InChI=1S/C15H10F3NO4S/c1-8-4-5-10-9(7-8)19-13(21)14(22-10,15(16,17)18)23-12(20)11-3-2-6-24-11/h2-7H,1H3,(H,19,21). The molecular weight excluding hydrogens is 347 g/mol. The molecule has 3 rings (SSSR count). The van der Waals surface area contributed by atoms with E-state index in [-0.39, 0.29) is 16.3 Å². The predicted molar refractivity (Wildman–Crippen MR) is 79.0 cm³/mol. The number of hydrogen-bond acceptors (Lipinski definition) is 5. The molecule has 0 fully saturated rings. The Morgan fingerprint density at radius 2 is 2.08 bits per heavy atom. The lowest BCUT2D eigenvalue weighted by Gasteiger charge is -2.36. The molecule has 0 saturated carbocycles. The molecule has 1 amide bonds. The van der Waals surface area contributed by atoms with Gasteiger partial charge in [0, 0.05) is 0 Å². The van der Waals surface area contributed by atoms with E-state index >= 15 is 0 Å². The normalized spacial score (nSPS) is 19.9. The smallest absolute Gasteiger partial charge is 0.435 e. The molecule has 9 heteroatoms. The van der Waals surface area contributed by atoms with Gasteiger partial charge in [0.2, 0.25) is 0 Å². The third-order valence-electron chi connectivity index (χ3n) is 3.27. The zero-order valence-corrected chi connectivity index (χ0v) is 13.0. The summed E-state index contributed by atoms with van der Waals surface area (Å²) in [5.41, 5.74) is 0.791. The number of thiophene rings is 1. The highest BCUT2D eigenvalue weighted by atomic mass is 32.1. The predicted octanol–water partition coefficient (Wildman–Crippen LogP) is 3.50.